The first-order chi connectivity index (χ1) is 10.9. The number of para-hydroxylation sites is 1. The van der Waals surface area contributed by atoms with Gasteiger partial charge in [0.2, 0.25) is 0 Å². The number of benzene rings is 1. The summed E-state index contributed by atoms with van der Waals surface area (Å²) in [7, 11) is 0. The minimum absolute atomic E-state index is 0.0786. The van der Waals surface area contributed by atoms with Crippen molar-refractivity contribution in [1.82, 2.24) is 4.57 Å². The number of hydrogen-bond acceptors (Lipinski definition) is 2. The SMILES string of the molecule is Cc1cc(C)n(C2CC2)c(=O)c1C(=O)Nc1c(F)cccc1F. The molecule has 1 aromatic heterocycles. The molecule has 0 saturated heterocycles. The molecule has 0 aliphatic heterocycles. The van der Waals surface area contributed by atoms with E-state index in [0.717, 1.165) is 30.7 Å². The van der Waals surface area contributed by atoms with Gasteiger partial charge in [0.15, 0.2) is 0 Å². The molecule has 1 aromatic carbocycles. The lowest BCUT2D eigenvalue weighted by molar-refractivity contribution is 0.102. The molecule has 1 aliphatic carbocycles. The van der Waals surface area contributed by atoms with Gasteiger partial charge in [0.05, 0.1) is 0 Å². The van der Waals surface area contributed by atoms with E-state index in [9.17, 15) is 18.4 Å². The number of hydrogen-bond donors (Lipinski definition) is 1. The average Bonchev–Trinajstić information content (AvgIpc) is 3.27. The zero-order chi connectivity index (χ0) is 16.7. The average molecular weight is 318 g/mol. The summed E-state index contributed by atoms with van der Waals surface area (Å²) in [4.78, 5) is 25.0. The van der Waals surface area contributed by atoms with Crippen molar-refractivity contribution in [3.05, 3.63) is 63.1 Å². The van der Waals surface area contributed by atoms with Gasteiger partial charge in [-0.3, -0.25) is 9.59 Å². The van der Waals surface area contributed by atoms with E-state index in [0.29, 0.717) is 5.56 Å². The summed E-state index contributed by atoms with van der Waals surface area (Å²) in [6.07, 6.45) is 1.79. The van der Waals surface area contributed by atoms with Crippen LogP contribution in [-0.2, 0) is 0 Å². The number of aryl methyl sites for hydroxylation is 2. The zero-order valence-electron chi connectivity index (χ0n) is 12.8. The number of pyridine rings is 1. The van der Waals surface area contributed by atoms with Crippen LogP contribution in [0.25, 0.3) is 0 Å². The topological polar surface area (TPSA) is 51.1 Å². The fourth-order valence-electron chi connectivity index (χ4n) is 2.76. The van der Waals surface area contributed by atoms with Crippen LogP contribution >= 0.6 is 0 Å². The van der Waals surface area contributed by atoms with Crippen LogP contribution in [0.15, 0.2) is 29.1 Å². The number of nitrogens with one attached hydrogen (secondary N) is 1. The smallest absolute Gasteiger partial charge is 0.264 e. The molecule has 23 heavy (non-hydrogen) atoms. The van der Waals surface area contributed by atoms with Crippen molar-refractivity contribution in [2.24, 2.45) is 0 Å². The van der Waals surface area contributed by atoms with Crippen molar-refractivity contribution in [3.8, 4) is 0 Å². The monoisotopic (exact) mass is 318 g/mol. The Kier molecular flexibility index (Phi) is 3.75. The van der Waals surface area contributed by atoms with Gasteiger partial charge in [0.1, 0.15) is 22.9 Å². The maximum absolute atomic E-state index is 13.7. The molecule has 2 aromatic rings. The van der Waals surface area contributed by atoms with Gasteiger partial charge in [-0.05, 0) is 50.5 Å². The predicted octanol–water partition coefficient (Wildman–Crippen LogP) is 3.33. The molecule has 1 N–H and O–H groups in total. The van der Waals surface area contributed by atoms with Gasteiger partial charge in [-0.1, -0.05) is 6.07 Å². The Morgan fingerprint density at radius 2 is 1.83 bits per heavy atom. The molecule has 1 aliphatic rings. The van der Waals surface area contributed by atoms with Crippen LogP contribution < -0.4 is 10.9 Å². The predicted molar refractivity (Wildman–Crippen MR) is 82.8 cm³/mol. The number of anilines is 1. The second-order valence-electron chi connectivity index (χ2n) is 5.80. The number of nitrogens with zero attached hydrogens (tertiary/aromatic N) is 1. The highest BCUT2D eigenvalue weighted by molar-refractivity contribution is 6.05. The molecule has 0 atom stereocenters. The summed E-state index contributed by atoms with van der Waals surface area (Å²) in [6, 6.07) is 5.15. The van der Waals surface area contributed by atoms with Crippen molar-refractivity contribution in [3.63, 3.8) is 0 Å². The Hall–Kier alpha value is -2.50. The molecule has 1 amide bonds. The van der Waals surface area contributed by atoms with Crippen LogP contribution in [0.5, 0.6) is 0 Å². The Labute approximate surface area is 131 Å². The number of carbonyl (C=O) groups is 1. The second kappa shape index (κ2) is 5.61. The lowest BCUT2D eigenvalue weighted by Gasteiger charge is -2.14. The summed E-state index contributed by atoms with van der Waals surface area (Å²) < 4.78 is 28.9. The molecule has 0 unspecified atom stereocenters. The van der Waals surface area contributed by atoms with E-state index in [1.807, 2.05) is 6.92 Å². The van der Waals surface area contributed by atoms with E-state index in [-0.39, 0.29) is 11.6 Å². The maximum Gasteiger partial charge on any atom is 0.264 e. The van der Waals surface area contributed by atoms with E-state index < -0.39 is 28.8 Å². The minimum Gasteiger partial charge on any atom is -0.317 e. The van der Waals surface area contributed by atoms with E-state index >= 15 is 0 Å². The van der Waals surface area contributed by atoms with Crippen LogP contribution in [0.4, 0.5) is 14.5 Å². The summed E-state index contributed by atoms with van der Waals surface area (Å²) in [5.74, 6) is -2.57. The largest absolute Gasteiger partial charge is 0.317 e. The molecular formula is C17H16F2N2O2. The third-order valence-electron chi connectivity index (χ3n) is 3.97. The van der Waals surface area contributed by atoms with E-state index in [2.05, 4.69) is 5.32 Å². The fourth-order valence-corrected chi connectivity index (χ4v) is 2.76. The van der Waals surface area contributed by atoms with Gasteiger partial charge in [0.25, 0.3) is 11.5 Å². The lowest BCUT2D eigenvalue weighted by Crippen LogP contribution is -2.31. The highest BCUT2D eigenvalue weighted by Crippen LogP contribution is 2.34. The van der Waals surface area contributed by atoms with Crippen LogP contribution in [-0.4, -0.2) is 10.5 Å². The number of amides is 1. The summed E-state index contributed by atoms with van der Waals surface area (Å²) >= 11 is 0. The molecule has 1 saturated carbocycles. The van der Waals surface area contributed by atoms with Crippen molar-refractivity contribution in [1.29, 1.82) is 0 Å². The molecule has 120 valence electrons. The van der Waals surface area contributed by atoms with Crippen molar-refractivity contribution in [2.75, 3.05) is 5.32 Å². The number of halogens is 2. The molecule has 1 fully saturated rings. The highest BCUT2D eigenvalue weighted by atomic mass is 19.1. The quantitative estimate of drug-likeness (QED) is 0.944. The minimum atomic E-state index is -0.884. The molecule has 0 spiro atoms. The first kappa shape index (κ1) is 15.4. The number of carbonyl (C=O) groups excluding carboxylic acids is 1. The van der Waals surface area contributed by atoms with E-state index in [1.54, 1.807) is 17.6 Å². The van der Waals surface area contributed by atoms with Crippen molar-refractivity contribution < 1.29 is 13.6 Å². The lowest BCUT2D eigenvalue weighted by atomic mass is 10.1. The summed E-state index contributed by atoms with van der Waals surface area (Å²) in [6.45, 7) is 3.45. The van der Waals surface area contributed by atoms with Crippen LogP contribution in [0.3, 0.4) is 0 Å². The van der Waals surface area contributed by atoms with Crippen LogP contribution in [0, 0.1) is 25.5 Å². The van der Waals surface area contributed by atoms with Gasteiger partial charge in [-0.25, -0.2) is 8.78 Å². The highest BCUT2D eigenvalue weighted by Gasteiger charge is 2.29. The normalized spacial score (nSPS) is 13.9. The van der Waals surface area contributed by atoms with Gasteiger partial charge in [-0.2, -0.15) is 0 Å². The van der Waals surface area contributed by atoms with E-state index in [1.165, 1.54) is 6.07 Å². The van der Waals surface area contributed by atoms with E-state index in [4.69, 9.17) is 0 Å². The van der Waals surface area contributed by atoms with Crippen LogP contribution in [0.1, 0.15) is 40.5 Å². The standard InChI is InChI=1S/C17H16F2N2O2/c1-9-8-10(2)21(11-6-7-11)17(23)14(9)16(22)20-15-12(18)4-3-5-13(15)19/h3-5,8,11H,6-7H2,1-2H3,(H,20,22). The molecule has 0 bridgehead atoms. The molecular weight excluding hydrogens is 302 g/mol. The first-order valence-corrected chi connectivity index (χ1v) is 7.38. The maximum atomic E-state index is 13.7. The molecule has 6 heteroatoms. The first-order valence-electron chi connectivity index (χ1n) is 7.38. The van der Waals surface area contributed by atoms with Gasteiger partial charge in [-0.15, -0.1) is 0 Å². The van der Waals surface area contributed by atoms with Crippen molar-refractivity contribution in [2.45, 2.75) is 32.7 Å². The Balaban J connectivity index is 2.03. The third kappa shape index (κ3) is 2.76. The van der Waals surface area contributed by atoms with Crippen LogP contribution in [0.2, 0.25) is 0 Å². The zero-order valence-corrected chi connectivity index (χ0v) is 12.8. The van der Waals surface area contributed by atoms with Gasteiger partial charge in [0, 0.05) is 11.7 Å². The van der Waals surface area contributed by atoms with Crippen molar-refractivity contribution >= 4 is 11.6 Å². The Bertz CT molecular complexity index is 834. The fraction of sp³-hybridized carbons (Fsp3) is 0.294. The molecule has 1 heterocycles. The Morgan fingerprint density at radius 1 is 1.22 bits per heavy atom. The summed E-state index contributed by atoms with van der Waals surface area (Å²) in [5, 5.41) is 2.18. The Morgan fingerprint density at radius 3 is 2.39 bits per heavy atom. The van der Waals surface area contributed by atoms with Gasteiger partial charge >= 0.3 is 0 Å². The number of aromatic nitrogens is 1. The second-order valence-corrected chi connectivity index (χ2v) is 5.80. The molecule has 0 radical (unpaired) electrons. The number of rotatable bonds is 3. The third-order valence-corrected chi connectivity index (χ3v) is 3.97. The van der Waals surface area contributed by atoms with Gasteiger partial charge < -0.3 is 9.88 Å². The molecule has 3 rings (SSSR count). The molecule has 4 nitrogen and oxygen atoms in total. The summed E-state index contributed by atoms with van der Waals surface area (Å²) in [5.41, 5.74) is 0.224.